The summed E-state index contributed by atoms with van der Waals surface area (Å²) in [5.74, 6) is -0.524. The molecule has 0 atom stereocenters. The summed E-state index contributed by atoms with van der Waals surface area (Å²) in [6.07, 6.45) is -2.82. The van der Waals surface area contributed by atoms with E-state index < -0.39 is 28.7 Å². The molecule has 0 saturated heterocycles. The van der Waals surface area contributed by atoms with Gasteiger partial charge in [-0.25, -0.2) is 0 Å². The summed E-state index contributed by atoms with van der Waals surface area (Å²) in [6, 6.07) is 0.868. The lowest BCUT2D eigenvalue weighted by molar-refractivity contribution is -0.158. The van der Waals surface area contributed by atoms with Crippen molar-refractivity contribution >= 4 is 5.97 Å². The van der Waals surface area contributed by atoms with Gasteiger partial charge in [0.1, 0.15) is 16.8 Å². The summed E-state index contributed by atoms with van der Waals surface area (Å²) in [7, 11) is 1.26. The number of alkyl halides is 3. The molecule has 0 N–H and O–H groups in total. The van der Waals surface area contributed by atoms with Crippen LogP contribution in [0.1, 0.15) is 44.9 Å². The van der Waals surface area contributed by atoms with Crippen LogP contribution in [-0.2, 0) is 21.1 Å². The van der Waals surface area contributed by atoms with Crippen LogP contribution in [0.2, 0.25) is 0 Å². The van der Waals surface area contributed by atoms with Gasteiger partial charge in [-0.3, -0.25) is 9.78 Å². The fourth-order valence-corrected chi connectivity index (χ4v) is 2.15. The second kappa shape index (κ2) is 5.14. The molecule has 1 aromatic heterocycles. The van der Waals surface area contributed by atoms with Crippen LogP contribution in [0.5, 0.6) is 5.75 Å². The first-order valence-electron chi connectivity index (χ1n) is 6.85. The fourth-order valence-electron chi connectivity index (χ4n) is 2.15. The molecule has 0 radical (unpaired) electrons. The highest BCUT2D eigenvalue weighted by Gasteiger charge is 2.56. The van der Waals surface area contributed by atoms with Crippen molar-refractivity contribution in [2.45, 2.75) is 50.8 Å². The van der Waals surface area contributed by atoms with Crippen LogP contribution in [0.15, 0.2) is 12.3 Å². The average Bonchev–Trinajstić information content (AvgIpc) is 3.16. The van der Waals surface area contributed by atoms with E-state index in [-0.39, 0.29) is 11.4 Å². The van der Waals surface area contributed by atoms with Crippen LogP contribution in [0.25, 0.3) is 0 Å². The highest BCUT2D eigenvalue weighted by atomic mass is 19.4. The molecule has 0 aliphatic heterocycles. The van der Waals surface area contributed by atoms with Crippen molar-refractivity contribution in [3.8, 4) is 5.75 Å². The predicted molar refractivity (Wildman–Crippen MR) is 72.5 cm³/mol. The largest absolute Gasteiger partial charge is 0.495 e. The summed E-state index contributed by atoms with van der Waals surface area (Å²) < 4.78 is 48.6. The molecule has 7 heteroatoms. The number of carbonyl (C=O) groups excluding carboxylic acids is 1. The first-order chi connectivity index (χ1) is 9.99. The molecule has 4 nitrogen and oxygen atoms in total. The summed E-state index contributed by atoms with van der Waals surface area (Å²) in [4.78, 5) is 16.2. The van der Waals surface area contributed by atoms with E-state index in [0.717, 1.165) is 12.3 Å². The zero-order valence-electron chi connectivity index (χ0n) is 12.9. The Balaban J connectivity index is 2.38. The number of ether oxygens (including phenoxy) is 2. The molecular formula is C15H18F3NO3. The lowest BCUT2D eigenvalue weighted by atomic mass is 9.99. The third-order valence-corrected chi connectivity index (χ3v) is 3.39. The quantitative estimate of drug-likeness (QED) is 0.801. The molecule has 0 amide bonds. The maximum atomic E-state index is 12.7. The standard InChI is InChI=1S/C15H18F3NO3/c1-13(2,3)22-12(20)14(5-6-14)11-10(21-4)7-9(8-19-11)15(16,17)18/h7-8H,5-6H2,1-4H3. The number of pyridine rings is 1. The summed E-state index contributed by atoms with van der Waals surface area (Å²) >= 11 is 0. The maximum absolute atomic E-state index is 12.7. The Hall–Kier alpha value is -1.79. The zero-order valence-corrected chi connectivity index (χ0v) is 12.9. The highest BCUT2D eigenvalue weighted by molar-refractivity contribution is 5.87. The highest BCUT2D eigenvalue weighted by Crippen LogP contribution is 2.52. The number of rotatable bonds is 3. The molecule has 1 aliphatic carbocycles. The van der Waals surface area contributed by atoms with E-state index in [1.165, 1.54) is 7.11 Å². The monoisotopic (exact) mass is 317 g/mol. The van der Waals surface area contributed by atoms with Crippen LogP contribution in [-0.4, -0.2) is 23.7 Å². The predicted octanol–water partition coefficient (Wildman–Crippen LogP) is 3.48. The minimum atomic E-state index is -4.51. The van der Waals surface area contributed by atoms with Crippen molar-refractivity contribution in [2.24, 2.45) is 0 Å². The van der Waals surface area contributed by atoms with Crippen molar-refractivity contribution in [3.63, 3.8) is 0 Å². The van der Waals surface area contributed by atoms with Gasteiger partial charge in [0.25, 0.3) is 0 Å². The zero-order chi connectivity index (χ0) is 16.8. The Bertz CT molecular complexity index is 587. The number of methoxy groups -OCH3 is 1. The molecule has 0 aromatic carbocycles. The second-order valence-electron chi connectivity index (χ2n) is 6.36. The molecule has 1 saturated carbocycles. The second-order valence-corrected chi connectivity index (χ2v) is 6.36. The van der Waals surface area contributed by atoms with Gasteiger partial charge in [0, 0.05) is 6.20 Å². The van der Waals surface area contributed by atoms with E-state index in [1.807, 2.05) is 0 Å². The van der Waals surface area contributed by atoms with Gasteiger partial charge in [0.15, 0.2) is 0 Å². The van der Waals surface area contributed by atoms with Gasteiger partial charge < -0.3 is 9.47 Å². The van der Waals surface area contributed by atoms with Crippen LogP contribution in [0.4, 0.5) is 13.2 Å². The lowest BCUT2D eigenvalue weighted by Crippen LogP contribution is -2.32. The summed E-state index contributed by atoms with van der Waals surface area (Å²) in [6.45, 7) is 5.20. The van der Waals surface area contributed by atoms with Crippen molar-refractivity contribution in [1.82, 2.24) is 4.98 Å². The van der Waals surface area contributed by atoms with Crippen LogP contribution < -0.4 is 4.74 Å². The van der Waals surface area contributed by atoms with E-state index in [1.54, 1.807) is 20.8 Å². The number of esters is 1. The average molecular weight is 317 g/mol. The normalized spacial score (nSPS) is 17.0. The SMILES string of the molecule is COc1cc(C(F)(F)F)cnc1C1(C(=O)OC(C)(C)C)CC1. The number of hydrogen-bond acceptors (Lipinski definition) is 4. The lowest BCUT2D eigenvalue weighted by Gasteiger charge is -2.24. The van der Waals surface area contributed by atoms with Crippen molar-refractivity contribution < 1.29 is 27.4 Å². The third kappa shape index (κ3) is 3.18. The van der Waals surface area contributed by atoms with Gasteiger partial charge in [-0.15, -0.1) is 0 Å². The Morgan fingerprint density at radius 3 is 2.27 bits per heavy atom. The van der Waals surface area contributed by atoms with E-state index in [4.69, 9.17) is 9.47 Å². The van der Waals surface area contributed by atoms with Crippen molar-refractivity contribution in [1.29, 1.82) is 0 Å². The summed E-state index contributed by atoms with van der Waals surface area (Å²) in [5, 5.41) is 0. The molecule has 0 unspecified atom stereocenters. The van der Waals surface area contributed by atoms with E-state index in [9.17, 15) is 18.0 Å². The molecule has 1 fully saturated rings. The fraction of sp³-hybridized carbons (Fsp3) is 0.600. The maximum Gasteiger partial charge on any atom is 0.418 e. The van der Waals surface area contributed by atoms with Gasteiger partial charge in [-0.1, -0.05) is 0 Å². The molecular weight excluding hydrogens is 299 g/mol. The smallest absolute Gasteiger partial charge is 0.418 e. The molecule has 0 spiro atoms. The van der Waals surface area contributed by atoms with Crippen molar-refractivity contribution in [2.75, 3.05) is 7.11 Å². The number of aromatic nitrogens is 1. The molecule has 1 heterocycles. The van der Waals surface area contributed by atoms with Crippen LogP contribution in [0.3, 0.4) is 0 Å². The molecule has 1 aliphatic rings. The Labute approximate surface area is 126 Å². The minimum Gasteiger partial charge on any atom is -0.495 e. The Kier molecular flexibility index (Phi) is 3.87. The van der Waals surface area contributed by atoms with Crippen molar-refractivity contribution in [3.05, 3.63) is 23.5 Å². The molecule has 1 aromatic rings. The molecule has 2 rings (SSSR count). The molecule has 0 bridgehead atoms. The van der Waals surface area contributed by atoms with Gasteiger partial charge in [0.2, 0.25) is 0 Å². The Morgan fingerprint density at radius 2 is 1.86 bits per heavy atom. The number of hydrogen-bond donors (Lipinski definition) is 0. The van der Waals surface area contributed by atoms with Gasteiger partial charge in [0.05, 0.1) is 18.4 Å². The summed E-state index contributed by atoms with van der Waals surface area (Å²) in [5.41, 5.74) is -2.38. The molecule has 22 heavy (non-hydrogen) atoms. The van der Waals surface area contributed by atoms with Gasteiger partial charge in [-0.05, 0) is 39.7 Å². The van der Waals surface area contributed by atoms with Crippen LogP contribution in [0, 0.1) is 0 Å². The number of nitrogens with zero attached hydrogens (tertiary/aromatic N) is 1. The number of carbonyl (C=O) groups is 1. The number of halogens is 3. The van der Waals surface area contributed by atoms with E-state index in [0.29, 0.717) is 12.8 Å². The van der Waals surface area contributed by atoms with Crippen LogP contribution >= 0.6 is 0 Å². The van der Waals surface area contributed by atoms with Gasteiger partial charge >= 0.3 is 12.1 Å². The van der Waals surface area contributed by atoms with Gasteiger partial charge in [-0.2, -0.15) is 13.2 Å². The Morgan fingerprint density at radius 1 is 1.27 bits per heavy atom. The topological polar surface area (TPSA) is 48.4 Å². The van der Waals surface area contributed by atoms with E-state index >= 15 is 0 Å². The first kappa shape index (κ1) is 16.6. The third-order valence-electron chi connectivity index (χ3n) is 3.39. The minimum absolute atomic E-state index is 0.0433. The molecule has 122 valence electrons. The van der Waals surface area contributed by atoms with E-state index in [2.05, 4.69) is 4.98 Å². The first-order valence-corrected chi connectivity index (χ1v) is 6.85.